The number of hydrogen-bond donors (Lipinski definition) is 1. The van der Waals surface area contributed by atoms with E-state index in [4.69, 9.17) is 24.2 Å². The number of esters is 1. The molecule has 1 aromatic carbocycles. The number of methoxy groups -OCH3 is 2. The van der Waals surface area contributed by atoms with Crippen LogP contribution in [0.4, 0.5) is 17.2 Å². The molecular weight excluding hydrogens is 448 g/mol. The number of nitrogens with zero attached hydrogens (tertiary/aromatic N) is 5. The molecule has 0 saturated carbocycles. The SMILES string of the molecule is COC(=O)c1cc(N2CC3COCCN3c3nc(-c4cccc5[nH]ccc45)ncc32)cnc1OC. The highest BCUT2D eigenvalue weighted by Gasteiger charge is 2.36. The van der Waals surface area contributed by atoms with Gasteiger partial charge in [-0.25, -0.2) is 19.7 Å². The van der Waals surface area contributed by atoms with Gasteiger partial charge in [0.15, 0.2) is 11.6 Å². The lowest BCUT2D eigenvalue weighted by Gasteiger charge is -2.45. The molecule has 3 aromatic heterocycles. The normalized spacial score (nSPS) is 17.1. The molecular formula is C25H24N6O4. The summed E-state index contributed by atoms with van der Waals surface area (Å²) in [6, 6.07) is 9.92. The van der Waals surface area contributed by atoms with Gasteiger partial charge in [0.1, 0.15) is 11.3 Å². The van der Waals surface area contributed by atoms with E-state index in [1.165, 1.54) is 14.2 Å². The Labute approximate surface area is 201 Å². The molecule has 2 aliphatic rings. The molecule has 2 aliphatic heterocycles. The standard InChI is InChI=1S/C25H24N6O4/c1-33-24-19(25(32)34-2)10-15(11-28-24)31-13-16-14-35-9-8-30(16)23-21(31)12-27-22(29-23)18-4-3-5-20-17(18)6-7-26-20/h3-7,10-12,16,26H,8-9,13-14H2,1-2H3. The predicted molar refractivity (Wildman–Crippen MR) is 130 cm³/mol. The molecule has 0 aliphatic carbocycles. The lowest BCUT2D eigenvalue weighted by atomic mass is 10.1. The summed E-state index contributed by atoms with van der Waals surface area (Å²) in [6.07, 6.45) is 5.45. The first-order chi connectivity index (χ1) is 17.2. The van der Waals surface area contributed by atoms with Gasteiger partial charge in [-0.3, -0.25) is 0 Å². The Morgan fingerprint density at radius 2 is 2.11 bits per heavy atom. The van der Waals surface area contributed by atoms with Crippen molar-refractivity contribution in [3.05, 3.63) is 54.5 Å². The van der Waals surface area contributed by atoms with Gasteiger partial charge in [0.05, 0.1) is 51.6 Å². The summed E-state index contributed by atoms with van der Waals surface area (Å²) in [5.74, 6) is 1.19. The van der Waals surface area contributed by atoms with Gasteiger partial charge < -0.3 is 29.0 Å². The lowest BCUT2D eigenvalue weighted by molar-refractivity contribution is 0.0596. The average Bonchev–Trinajstić information content (AvgIpc) is 3.41. The molecule has 35 heavy (non-hydrogen) atoms. The van der Waals surface area contributed by atoms with Crippen LogP contribution in [0.2, 0.25) is 0 Å². The van der Waals surface area contributed by atoms with Crippen LogP contribution in [-0.2, 0) is 9.47 Å². The maximum absolute atomic E-state index is 12.4. The van der Waals surface area contributed by atoms with Crippen LogP contribution in [0.15, 0.2) is 48.9 Å². The van der Waals surface area contributed by atoms with Crippen molar-refractivity contribution in [2.45, 2.75) is 6.04 Å². The highest BCUT2D eigenvalue weighted by atomic mass is 16.5. The zero-order valence-electron chi connectivity index (χ0n) is 19.4. The van der Waals surface area contributed by atoms with Gasteiger partial charge in [0.2, 0.25) is 5.88 Å². The molecule has 0 spiro atoms. The fourth-order valence-electron chi connectivity index (χ4n) is 4.82. The van der Waals surface area contributed by atoms with Crippen LogP contribution in [0, 0.1) is 0 Å². The first-order valence-corrected chi connectivity index (χ1v) is 11.4. The number of benzene rings is 1. The highest BCUT2D eigenvalue weighted by molar-refractivity contribution is 5.95. The van der Waals surface area contributed by atoms with Crippen LogP contribution in [0.3, 0.4) is 0 Å². The molecule has 10 nitrogen and oxygen atoms in total. The van der Waals surface area contributed by atoms with Gasteiger partial charge in [-0.1, -0.05) is 12.1 Å². The molecule has 1 N–H and O–H groups in total. The average molecular weight is 473 g/mol. The van der Waals surface area contributed by atoms with Crippen LogP contribution >= 0.6 is 0 Å². The minimum Gasteiger partial charge on any atom is -0.480 e. The van der Waals surface area contributed by atoms with E-state index in [2.05, 4.69) is 19.8 Å². The second-order valence-corrected chi connectivity index (χ2v) is 8.42. The van der Waals surface area contributed by atoms with Gasteiger partial charge in [0, 0.05) is 35.8 Å². The van der Waals surface area contributed by atoms with Crippen molar-refractivity contribution >= 4 is 34.1 Å². The van der Waals surface area contributed by atoms with Crippen molar-refractivity contribution in [2.24, 2.45) is 0 Å². The van der Waals surface area contributed by atoms with Crippen LogP contribution in [0.25, 0.3) is 22.3 Å². The summed E-state index contributed by atoms with van der Waals surface area (Å²) < 4.78 is 16.0. The summed E-state index contributed by atoms with van der Waals surface area (Å²) in [4.78, 5) is 34.1. The maximum Gasteiger partial charge on any atom is 0.343 e. The van der Waals surface area contributed by atoms with Crippen molar-refractivity contribution in [3.8, 4) is 17.3 Å². The quantitative estimate of drug-likeness (QED) is 0.448. The Morgan fingerprint density at radius 3 is 2.97 bits per heavy atom. The Hall–Kier alpha value is -4.18. The number of hydrogen-bond acceptors (Lipinski definition) is 9. The molecule has 0 amide bonds. The number of pyridine rings is 1. The van der Waals surface area contributed by atoms with Crippen LogP contribution < -0.4 is 14.5 Å². The third kappa shape index (κ3) is 3.53. The molecule has 4 aromatic rings. The zero-order valence-corrected chi connectivity index (χ0v) is 19.4. The number of aromatic amines is 1. The summed E-state index contributed by atoms with van der Waals surface area (Å²) >= 11 is 0. The molecule has 6 rings (SSSR count). The van der Waals surface area contributed by atoms with Gasteiger partial charge in [-0.05, 0) is 18.2 Å². The summed E-state index contributed by atoms with van der Waals surface area (Å²) in [6.45, 7) is 2.59. The molecule has 0 radical (unpaired) electrons. The number of aromatic nitrogens is 4. The number of H-pyrrole nitrogens is 1. The van der Waals surface area contributed by atoms with E-state index in [1.807, 2.05) is 36.7 Å². The smallest absolute Gasteiger partial charge is 0.343 e. The third-order valence-corrected chi connectivity index (χ3v) is 6.52. The number of carbonyl (C=O) groups excluding carboxylic acids is 1. The highest BCUT2D eigenvalue weighted by Crippen LogP contribution is 2.41. The number of ether oxygens (including phenoxy) is 3. The number of rotatable bonds is 4. The van der Waals surface area contributed by atoms with E-state index in [-0.39, 0.29) is 17.5 Å². The van der Waals surface area contributed by atoms with Gasteiger partial charge >= 0.3 is 5.97 Å². The monoisotopic (exact) mass is 472 g/mol. The van der Waals surface area contributed by atoms with E-state index in [0.717, 1.165) is 40.2 Å². The lowest BCUT2D eigenvalue weighted by Crippen LogP contribution is -2.54. The Kier molecular flexibility index (Phi) is 5.22. The van der Waals surface area contributed by atoms with E-state index in [9.17, 15) is 4.79 Å². The molecule has 1 atom stereocenters. The van der Waals surface area contributed by atoms with Gasteiger partial charge in [-0.2, -0.15) is 0 Å². The summed E-state index contributed by atoms with van der Waals surface area (Å²) in [7, 11) is 2.81. The van der Waals surface area contributed by atoms with Crippen molar-refractivity contribution in [2.75, 3.05) is 50.3 Å². The molecule has 5 heterocycles. The van der Waals surface area contributed by atoms with Crippen LogP contribution in [0.1, 0.15) is 10.4 Å². The molecule has 1 fully saturated rings. The second kappa shape index (κ2) is 8.55. The topological polar surface area (TPSA) is 106 Å². The number of morpholine rings is 1. The van der Waals surface area contributed by atoms with Gasteiger partial charge in [0.25, 0.3) is 0 Å². The number of anilines is 3. The Morgan fingerprint density at radius 1 is 1.20 bits per heavy atom. The zero-order chi connectivity index (χ0) is 23.9. The minimum atomic E-state index is -0.512. The molecule has 1 saturated heterocycles. The molecule has 1 unspecified atom stereocenters. The van der Waals surface area contributed by atoms with Gasteiger partial charge in [-0.15, -0.1) is 0 Å². The predicted octanol–water partition coefficient (Wildman–Crippen LogP) is 3.17. The number of nitrogens with one attached hydrogen (secondary N) is 1. The van der Waals surface area contributed by atoms with Crippen LogP contribution in [0.5, 0.6) is 5.88 Å². The van der Waals surface area contributed by atoms with Crippen molar-refractivity contribution in [3.63, 3.8) is 0 Å². The number of fused-ring (bicyclic) bond motifs is 4. The molecule has 178 valence electrons. The molecule has 10 heteroatoms. The largest absolute Gasteiger partial charge is 0.480 e. The second-order valence-electron chi connectivity index (χ2n) is 8.42. The van der Waals surface area contributed by atoms with Crippen molar-refractivity contribution in [1.29, 1.82) is 0 Å². The van der Waals surface area contributed by atoms with E-state index in [0.29, 0.717) is 25.6 Å². The Balaban J connectivity index is 1.48. The van der Waals surface area contributed by atoms with Crippen molar-refractivity contribution < 1.29 is 19.0 Å². The third-order valence-electron chi connectivity index (χ3n) is 6.52. The van der Waals surface area contributed by atoms with Crippen molar-refractivity contribution in [1.82, 2.24) is 19.9 Å². The fraction of sp³-hybridized carbons (Fsp3) is 0.280. The number of carbonyl (C=O) groups is 1. The molecule has 0 bridgehead atoms. The fourth-order valence-corrected chi connectivity index (χ4v) is 4.82. The minimum absolute atomic E-state index is 0.0886. The summed E-state index contributed by atoms with van der Waals surface area (Å²) in [5, 5.41) is 1.07. The first kappa shape index (κ1) is 21.4. The van der Waals surface area contributed by atoms with E-state index >= 15 is 0 Å². The first-order valence-electron chi connectivity index (χ1n) is 11.4. The summed E-state index contributed by atoms with van der Waals surface area (Å²) in [5.41, 5.74) is 3.83. The maximum atomic E-state index is 12.4. The van der Waals surface area contributed by atoms with E-state index < -0.39 is 5.97 Å². The Bertz CT molecular complexity index is 1420. The van der Waals surface area contributed by atoms with E-state index in [1.54, 1.807) is 12.3 Å². The van der Waals surface area contributed by atoms with Crippen LogP contribution in [-0.4, -0.2) is 72.5 Å².